The normalized spacial score (nSPS) is 20.1. The maximum Gasteiger partial charge on any atom is 0.234 e. The minimum absolute atomic E-state index is 0. The summed E-state index contributed by atoms with van der Waals surface area (Å²) in [5.74, 6) is 0.148. The highest BCUT2D eigenvalue weighted by Gasteiger charge is 2.39. The zero-order valence-corrected chi connectivity index (χ0v) is 17.8. The van der Waals surface area contributed by atoms with Gasteiger partial charge in [0.05, 0.1) is 12.6 Å². The molecule has 6 heteroatoms. The van der Waals surface area contributed by atoms with Crippen LogP contribution in [0.5, 0.6) is 0 Å². The topological polar surface area (TPSA) is 44.4 Å². The summed E-state index contributed by atoms with van der Waals surface area (Å²) < 4.78 is 0. The summed E-state index contributed by atoms with van der Waals surface area (Å²) in [6.07, 6.45) is 3.75. The second-order valence-electron chi connectivity index (χ2n) is 7.86. The van der Waals surface area contributed by atoms with Gasteiger partial charge in [0.25, 0.3) is 0 Å². The van der Waals surface area contributed by atoms with E-state index in [1.54, 1.807) is 0 Å². The van der Waals surface area contributed by atoms with Gasteiger partial charge in [-0.2, -0.15) is 0 Å². The van der Waals surface area contributed by atoms with E-state index in [1.807, 2.05) is 0 Å². The number of amides is 1. The molecule has 2 fully saturated rings. The molecular weight excluding hydrogens is 369 g/mol. The highest BCUT2D eigenvalue weighted by Crippen LogP contribution is 2.38. The third-order valence-corrected chi connectivity index (χ3v) is 5.83. The van der Waals surface area contributed by atoms with Crippen LogP contribution in [0.4, 0.5) is 0 Å². The van der Waals surface area contributed by atoms with Crippen molar-refractivity contribution in [3.8, 4) is 0 Å². The van der Waals surface area contributed by atoms with Crippen LogP contribution in [0.25, 0.3) is 0 Å². The number of aryl methyl sites for hydroxylation is 2. The Morgan fingerprint density at radius 1 is 1.23 bits per heavy atom. The van der Waals surface area contributed by atoms with Gasteiger partial charge in [-0.05, 0) is 76.2 Å². The molecule has 0 bridgehead atoms. The summed E-state index contributed by atoms with van der Waals surface area (Å²) in [4.78, 5) is 14.8. The van der Waals surface area contributed by atoms with Gasteiger partial charge in [0.1, 0.15) is 0 Å². The van der Waals surface area contributed by atoms with Crippen molar-refractivity contribution in [2.24, 2.45) is 5.41 Å². The molecule has 2 saturated heterocycles. The van der Waals surface area contributed by atoms with Crippen LogP contribution in [0.15, 0.2) is 18.2 Å². The summed E-state index contributed by atoms with van der Waals surface area (Å²) in [5.41, 5.74) is 4.16. The van der Waals surface area contributed by atoms with Gasteiger partial charge in [-0.25, -0.2) is 0 Å². The summed E-state index contributed by atoms with van der Waals surface area (Å²) in [7, 11) is 0. The molecule has 1 aromatic carbocycles. The number of likely N-dealkylation sites (tertiary alicyclic amines) is 1. The molecule has 26 heavy (non-hydrogen) atoms. The van der Waals surface area contributed by atoms with Crippen LogP contribution in [0.1, 0.15) is 48.9 Å². The number of hydrogen-bond acceptors (Lipinski definition) is 3. The number of benzene rings is 1. The maximum absolute atomic E-state index is 12.5. The number of nitrogens with one attached hydrogen (secondary N) is 2. The van der Waals surface area contributed by atoms with Crippen LogP contribution in [-0.2, 0) is 4.79 Å². The summed E-state index contributed by atoms with van der Waals surface area (Å²) in [6, 6.07) is 6.50. The number of carbonyl (C=O) groups is 1. The maximum atomic E-state index is 12.5. The Labute approximate surface area is 170 Å². The number of nitrogens with zero attached hydrogens (tertiary/aromatic N) is 1. The molecule has 1 atom stereocenters. The molecule has 0 radical (unpaired) electrons. The average molecular weight is 402 g/mol. The first-order chi connectivity index (χ1) is 11.5. The van der Waals surface area contributed by atoms with Gasteiger partial charge in [-0.15, -0.1) is 24.8 Å². The Balaban J connectivity index is 0.00000169. The first-order valence-electron chi connectivity index (χ1n) is 9.27. The van der Waals surface area contributed by atoms with E-state index in [1.165, 1.54) is 36.0 Å². The van der Waals surface area contributed by atoms with Crippen molar-refractivity contribution >= 4 is 30.7 Å². The summed E-state index contributed by atoms with van der Waals surface area (Å²) in [6.45, 7) is 11.2. The summed E-state index contributed by atoms with van der Waals surface area (Å²) in [5, 5.41) is 6.64. The van der Waals surface area contributed by atoms with E-state index in [9.17, 15) is 4.79 Å². The van der Waals surface area contributed by atoms with Crippen molar-refractivity contribution in [3.63, 3.8) is 0 Å². The Morgan fingerprint density at radius 2 is 1.92 bits per heavy atom. The highest BCUT2D eigenvalue weighted by atomic mass is 35.5. The minimum Gasteiger partial charge on any atom is -0.348 e. The van der Waals surface area contributed by atoms with Crippen LogP contribution in [-0.4, -0.2) is 43.5 Å². The fourth-order valence-electron chi connectivity index (χ4n) is 4.32. The molecule has 1 amide bonds. The average Bonchev–Trinajstić information content (AvgIpc) is 2.92. The SMILES string of the molecule is Cc1ccc(C)c(C(C)NC(=O)CN2CCC3(CCNCC3)C2)c1.Cl.Cl. The zero-order valence-electron chi connectivity index (χ0n) is 16.1. The van der Waals surface area contributed by atoms with E-state index in [0.29, 0.717) is 12.0 Å². The Kier molecular flexibility index (Phi) is 8.87. The van der Waals surface area contributed by atoms with Gasteiger partial charge in [0.15, 0.2) is 0 Å². The molecule has 1 aromatic rings. The fraction of sp³-hybridized carbons (Fsp3) is 0.650. The standard InChI is InChI=1S/C20H31N3O.2ClH/c1-15-4-5-16(2)18(12-15)17(3)22-19(24)13-23-11-8-20(14-23)6-9-21-10-7-20;;/h4-5,12,17,21H,6-11,13-14H2,1-3H3,(H,22,24);2*1H. The molecular formula is C20H33Cl2N3O. The van der Waals surface area contributed by atoms with Crippen LogP contribution in [0.3, 0.4) is 0 Å². The number of piperidine rings is 1. The van der Waals surface area contributed by atoms with Crippen LogP contribution in [0, 0.1) is 19.3 Å². The van der Waals surface area contributed by atoms with E-state index in [2.05, 4.69) is 54.5 Å². The molecule has 1 spiro atoms. The predicted octanol–water partition coefficient (Wildman–Crippen LogP) is 3.40. The van der Waals surface area contributed by atoms with Gasteiger partial charge in [0, 0.05) is 6.54 Å². The van der Waals surface area contributed by atoms with E-state index in [0.717, 1.165) is 26.2 Å². The second-order valence-corrected chi connectivity index (χ2v) is 7.86. The lowest BCUT2D eigenvalue weighted by molar-refractivity contribution is -0.122. The molecule has 4 nitrogen and oxygen atoms in total. The van der Waals surface area contributed by atoms with Crippen molar-refractivity contribution in [2.45, 2.75) is 46.1 Å². The first kappa shape index (κ1) is 23.2. The molecule has 2 aliphatic rings. The van der Waals surface area contributed by atoms with Gasteiger partial charge in [-0.1, -0.05) is 23.8 Å². The third-order valence-electron chi connectivity index (χ3n) is 5.83. The molecule has 148 valence electrons. The molecule has 0 aromatic heterocycles. The van der Waals surface area contributed by atoms with Crippen molar-refractivity contribution < 1.29 is 4.79 Å². The third kappa shape index (κ3) is 5.59. The zero-order chi connectivity index (χ0) is 17.2. The second kappa shape index (κ2) is 9.93. The Hall–Kier alpha value is -0.810. The smallest absolute Gasteiger partial charge is 0.234 e. The minimum atomic E-state index is 0. The first-order valence-corrected chi connectivity index (χ1v) is 9.27. The van der Waals surface area contributed by atoms with Crippen molar-refractivity contribution in [2.75, 3.05) is 32.7 Å². The monoisotopic (exact) mass is 401 g/mol. The molecule has 2 heterocycles. The molecule has 2 aliphatic heterocycles. The lowest BCUT2D eigenvalue weighted by Crippen LogP contribution is -2.41. The van der Waals surface area contributed by atoms with Gasteiger partial charge < -0.3 is 10.6 Å². The number of halogens is 2. The Bertz CT molecular complexity index is 603. The fourth-order valence-corrected chi connectivity index (χ4v) is 4.32. The van der Waals surface area contributed by atoms with Crippen molar-refractivity contribution in [1.82, 2.24) is 15.5 Å². The van der Waals surface area contributed by atoms with Crippen LogP contribution in [0.2, 0.25) is 0 Å². The molecule has 2 N–H and O–H groups in total. The van der Waals surface area contributed by atoms with Crippen LogP contribution < -0.4 is 10.6 Å². The lowest BCUT2D eigenvalue weighted by Gasteiger charge is -2.33. The quantitative estimate of drug-likeness (QED) is 0.812. The van der Waals surface area contributed by atoms with E-state index in [-0.39, 0.29) is 36.8 Å². The van der Waals surface area contributed by atoms with Crippen molar-refractivity contribution in [3.05, 3.63) is 34.9 Å². The molecule has 0 aliphatic carbocycles. The van der Waals surface area contributed by atoms with Gasteiger partial charge >= 0.3 is 0 Å². The molecule has 0 saturated carbocycles. The number of carbonyl (C=O) groups excluding carboxylic acids is 1. The highest BCUT2D eigenvalue weighted by molar-refractivity contribution is 5.85. The predicted molar refractivity (Wildman–Crippen MR) is 113 cm³/mol. The molecule has 1 unspecified atom stereocenters. The summed E-state index contributed by atoms with van der Waals surface area (Å²) >= 11 is 0. The largest absolute Gasteiger partial charge is 0.348 e. The number of hydrogen-bond donors (Lipinski definition) is 2. The van der Waals surface area contributed by atoms with E-state index in [4.69, 9.17) is 0 Å². The lowest BCUT2D eigenvalue weighted by atomic mass is 9.78. The van der Waals surface area contributed by atoms with Crippen molar-refractivity contribution in [1.29, 1.82) is 0 Å². The number of rotatable bonds is 4. The van der Waals surface area contributed by atoms with Crippen LogP contribution >= 0.6 is 24.8 Å². The van der Waals surface area contributed by atoms with Gasteiger partial charge in [-0.3, -0.25) is 9.69 Å². The van der Waals surface area contributed by atoms with E-state index < -0.39 is 0 Å². The van der Waals surface area contributed by atoms with Gasteiger partial charge in [0.2, 0.25) is 5.91 Å². The Morgan fingerprint density at radius 3 is 2.62 bits per heavy atom. The van der Waals surface area contributed by atoms with E-state index >= 15 is 0 Å². The molecule has 3 rings (SSSR count).